The summed E-state index contributed by atoms with van der Waals surface area (Å²) in [6, 6.07) is 8.24. The SMILES string of the molecule is Cl.O=C(CCc1cccc(Br)c1)N1CCC2(CCNC2)CC1. The number of carbonyl (C=O) groups is 1. The van der Waals surface area contributed by atoms with Crippen molar-refractivity contribution in [2.45, 2.75) is 32.1 Å². The molecule has 2 saturated heterocycles. The van der Waals surface area contributed by atoms with Crippen molar-refractivity contribution >= 4 is 34.2 Å². The minimum absolute atomic E-state index is 0. The van der Waals surface area contributed by atoms with E-state index in [4.69, 9.17) is 0 Å². The maximum atomic E-state index is 12.4. The third-order valence-electron chi connectivity index (χ3n) is 5.03. The molecule has 3 rings (SSSR count). The zero-order chi connectivity index (χ0) is 14.7. The van der Waals surface area contributed by atoms with E-state index in [1.54, 1.807) is 0 Å². The lowest BCUT2D eigenvalue weighted by Gasteiger charge is -2.39. The minimum Gasteiger partial charge on any atom is -0.343 e. The summed E-state index contributed by atoms with van der Waals surface area (Å²) in [5.41, 5.74) is 1.72. The molecule has 2 aliphatic heterocycles. The molecule has 0 aliphatic carbocycles. The lowest BCUT2D eigenvalue weighted by molar-refractivity contribution is -0.133. The topological polar surface area (TPSA) is 32.3 Å². The molecule has 1 N–H and O–H groups in total. The molecule has 1 aromatic rings. The molecular formula is C17H24BrClN2O. The van der Waals surface area contributed by atoms with Crippen LogP contribution in [0.3, 0.4) is 0 Å². The second-order valence-electron chi connectivity index (χ2n) is 6.44. The van der Waals surface area contributed by atoms with E-state index in [0.717, 1.165) is 37.1 Å². The van der Waals surface area contributed by atoms with Crippen LogP contribution < -0.4 is 5.32 Å². The monoisotopic (exact) mass is 386 g/mol. The molecule has 0 bridgehead atoms. The number of rotatable bonds is 3. The van der Waals surface area contributed by atoms with Crippen LogP contribution in [0.25, 0.3) is 0 Å². The van der Waals surface area contributed by atoms with E-state index in [0.29, 0.717) is 17.7 Å². The third-order valence-corrected chi connectivity index (χ3v) is 5.52. The number of likely N-dealkylation sites (tertiary alicyclic amines) is 1. The van der Waals surface area contributed by atoms with Crippen LogP contribution in [0.5, 0.6) is 0 Å². The summed E-state index contributed by atoms with van der Waals surface area (Å²) in [6.45, 7) is 4.18. The van der Waals surface area contributed by atoms with Crippen molar-refractivity contribution in [3.63, 3.8) is 0 Å². The molecule has 2 heterocycles. The average Bonchev–Trinajstić information content (AvgIpc) is 2.94. The summed E-state index contributed by atoms with van der Waals surface area (Å²) in [5.74, 6) is 0.316. The van der Waals surface area contributed by atoms with E-state index in [2.05, 4.69) is 38.3 Å². The second-order valence-corrected chi connectivity index (χ2v) is 7.35. The van der Waals surface area contributed by atoms with Crippen LogP contribution >= 0.6 is 28.3 Å². The molecule has 0 saturated carbocycles. The van der Waals surface area contributed by atoms with Crippen molar-refractivity contribution in [1.82, 2.24) is 10.2 Å². The van der Waals surface area contributed by atoms with E-state index < -0.39 is 0 Å². The first-order chi connectivity index (χ1) is 10.2. The summed E-state index contributed by atoms with van der Waals surface area (Å²) in [5, 5.41) is 3.47. The second kappa shape index (κ2) is 7.80. The number of amides is 1. The molecule has 2 fully saturated rings. The van der Waals surface area contributed by atoms with Crippen LogP contribution in [0.1, 0.15) is 31.2 Å². The summed E-state index contributed by atoms with van der Waals surface area (Å²) < 4.78 is 1.08. The van der Waals surface area contributed by atoms with Gasteiger partial charge in [0.1, 0.15) is 0 Å². The molecule has 1 aromatic carbocycles. The third kappa shape index (κ3) is 4.24. The largest absolute Gasteiger partial charge is 0.343 e. The van der Waals surface area contributed by atoms with Crippen molar-refractivity contribution in [3.8, 4) is 0 Å². The van der Waals surface area contributed by atoms with Crippen molar-refractivity contribution in [2.75, 3.05) is 26.2 Å². The molecule has 0 aromatic heterocycles. The van der Waals surface area contributed by atoms with Gasteiger partial charge in [0.2, 0.25) is 5.91 Å². The van der Waals surface area contributed by atoms with Crippen molar-refractivity contribution in [3.05, 3.63) is 34.3 Å². The summed E-state index contributed by atoms with van der Waals surface area (Å²) in [6.07, 6.45) is 5.08. The number of hydrogen-bond donors (Lipinski definition) is 1. The van der Waals surface area contributed by atoms with Gasteiger partial charge in [-0.05, 0) is 55.3 Å². The number of aryl methyl sites for hydroxylation is 1. The first-order valence-corrected chi connectivity index (χ1v) is 8.69. The Balaban J connectivity index is 0.00000176. The first-order valence-electron chi connectivity index (χ1n) is 7.90. The fourth-order valence-corrected chi connectivity index (χ4v) is 4.00. The van der Waals surface area contributed by atoms with Gasteiger partial charge in [0.15, 0.2) is 0 Å². The van der Waals surface area contributed by atoms with Gasteiger partial charge in [-0.2, -0.15) is 0 Å². The molecule has 1 amide bonds. The number of piperidine rings is 1. The zero-order valence-corrected chi connectivity index (χ0v) is 15.2. The molecule has 122 valence electrons. The predicted octanol–water partition coefficient (Wildman–Crippen LogP) is 3.41. The van der Waals surface area contributed by atoms with Crippen molar-refractivity contribution in [1.29, 1.82) is 0 Å². The zero-order valence-electron chi connectivity index (χ0n) is 12.8. The van der Waals surface area contributed by atoms with Crippen molar-refractivity contribution in [2.24, 2.45) is 5.41 Å². The van der Waals surface area contributed by atoms with Crippen LogP contribution in [0.4, 0.5) is 0 Å². The van der Waals surface area contributed by atoms with Gasteiger partial charge in [0, 0.05) is 30.5 Å². The maximum absolute atomic E-state index is 12.4. The number of benzene rings is 1. The molecule has 1 spiro atoms. The molecule has 22 heavy (non-hydrogen) atoms. The lowest BCUT2D eigenvalue weighted by atomic mass is 9.78. The van der Waals surface area contributed by atoms with Crippen LogP contribution in [0, 0.1) is 5.41 Å². The van der Waals surface area contributed by atoms with Crippen molar-refractivity contribution < 1.29 is 4.79 Å². The standard InChI is InChI=1S/C17H23BrN2O.ClH/c18-15-3-1-2-14(12-15)4-5-16(21)20-10-7-17(8-11-20)6-9-19-13-17;/h1-3,12,19H,4-11,13H2;1H. The van der Waals surface area contributed by atoms with Gasteiger partial charge in [-0.15, -0.1) is 12.4 Å². The summed E-state index contributed by atoms with van der Waals surface area (Å²) >= 11 is 3.48. The molecule has 5 heteroatoms. The van der Waals surface area contributed by atoms with E-state index in [9.17, 15) is 4.79 Å². The van der Waals surface area contributed by atoms with Gasteiger partial charge in [-0.3, -0.25) is 4.79 Å². The smallest absolute Gasteiger partial charge is 0.222 e. The number of hydrogen-bond acceptors (Lipinski definition) is 2. The number of carbonyl (C=O) groups excluding carboxylic acids is 1. The van der Waals surface area contributed by atoms with Crippen LogP contribution in [-0.4, -0.2) is 37.0 Å². The molecule has 0 radical (unpaired) electrons. The van der Waals surface area contributed by atoms with Gasteiger partial charge in [-0.25, -0.2) is 0 Å². The Kier molecular flexibility index (Phi) is 6.30. The fraction of sp³-hybridized carbons (Fsp3) is 0.588. The first kappa shape index (κ1) is 17.8. The fourth-order valence-electron chi connectivity index (χ4n) is 3.55. The van der Waals surface area contributed by atoms with E-state index >= 15 is 0 Å². The predicted molar refractivity (Wildman–Crippen MR) is 95.4 cm³/mol. The Labute approximate surface area is 147 Å². The van der Waals surface area contributed by atoms with E-state index in [-0.39, 0.29) is 12.4 Å². The molecular weight excluding hydrogens is 364 g/mol. The number of nitrogens with zero attached hydrogens (tertiary/aromatic N) is 1. The van der Waals surface area contributed by atoms with Gasteiger partial charge in [0.05, 0.1) is 0 Å². The highest BCUT2D eigenvalue weighted by atomic mass is 79.9. The molecule has 2 aliphatic rings. The van der Waals surface area contributed by atoms with Gasteiger partial charge >= 0.3 is 0 Å². The Morgan fingerprint density at radius 3 is 2.68 bits per heavy atom. The van der Waals surface area contributed by atoms with Gasteiger partial charge < -0.3 is 10.2 Å². The quantitative estimate of drug-likeness (QED) is 0.862. The Hall–Kier alpha value is -0.580. The highest BCUT2D eigenvalue weighted by molar-refractivity contribution is 9.10. The molecule has 0 atom stereocenters. The van der Waals surface area contributed by atoms with Gasteiger partial charge in [0.25, 0.3) is 0 Å². The molecule has 3 nitrogen and oxygen atoms in total. The average molecular weight is 388 g/mol. The maximum Gasteiger partial charge on any atom is 0.222 e. The van der Waals surface area contributed by atoms with Crippen LogP contribution in [0.2, 0.25) is 0 Å². The number of halogens is 2. The Morgan fingerprint density at radius 2 is 2.05 bits per heavy atom. The van der Waals surface area contributed by atoms with Gasteiger partial charge in [-0.1, -0.05) is 28.1 Å². The van der Waals surface area contributed by atoms with E-state index in [1.807, 2.05) is 12.1 Å². The van der Waals surface area contributed by atoms with E-state index in [1.165, 1.54) is 24.8 Å². The number of nitrogens with one attached hydrogen (secondary N) is 1. The lowest BCUT2D eigenvalue weighted by Crippen LogP contribution is -2.44. The highest BCUT2D eigenvalue weighted by Gasteiger charge is 2.37. The minimum atomic E-state index is 0. The molecule has 0 unspecified atom stereocenters. The normalized spacial score (nSPS) is 20.0. The van der Waals surface area contributed by atoms with Crippen LogP contribution in [-0.2, 0) is 11.2 Å². The van der Waals surface area contributed by atoms with Crippen LogP contribution in [0.15, 0.2) is 28.7 Å². The summed E-state index contributed by atoms with van der Waals surface area (Å²) in [7, 11) is 0. The Morgan fingerprint density at radius 1 is 1.27 bits per heavy atom. The highest BCUT2D eigenvalue weighted by Crippen LogP contribution is 2.37. The Bertz CT molecular complexity index is 507. The summed E-state index contributed by atoms with van der Waals surface area (Å²) in [4.78, 5) is 14.4.